The first kappa shape index (κ1) is 22.4. The van der Waals surface area contributed by atoms with Gasteiger partial charge in [-0.2, -0.15) is 0 Å². The van der Waals surface area contributed by atoms with Crippen molar-refractivity contribution in [2.45, 2.75) is 0 Å². The van der Waals surface area contributed by atoms with Gasteiger partial charge in [-0.15, -0.1) is 0 Å². The molecule has 0 aliphatic carbocycles. The summed E-state index contributed by atoms with van der Waals surface area (Å²) < 4.78 is 18.6. The quantitative estimate of drug-likeness (QED) is 0.330. The molecule has 8 heavy (non-hydrogen) atoms. The van der Waals surface area contributed by atoms with Crippen LogP contribution in [0.2, 0.25) is 0 Å². The van der Waals surface area contributed by atoms with Crippen LogP contribution in [0.15, 0.2) is 0 Å². The SMILES string of the molecule is O=P([O-])([O-])F.[Cu+].[K+].[Zn+2]. The van der Waals surface area contributed by atoms with Gasteiger partial charge in [0.1, 0.15) is 7.91 Å². The maximum absolute atomic E-state index is 10.1. The predicted octanol–water partition coefficient (Wildman–Crippen LogP) is -4.22. The molecule has 0 unspecified atom stereocenters. The summed E-state index contributed by atoms with van der Waals surface area (Å²) in [5.41, 5.74) is 0. The zero-order valence-electron chi connectivity index (χ0n) is 4.06. The van der Waals surface area contributed by atoms with Gasteiger partial charge in [0.05, 0.1) is 0 Å². The van der Waals surface area contributed by atoms with E-state index in [1.807, 2.05) is 0 Å². The topological polar surface area (TPSA) is 63.2 Å². The fraction of sp³-hybridized carbons (Fsp3) is 0. The molecule has 0 aliphatic heterocycles. The maximum Gasteiger partial charge on any atom is 2.00 e. The van der Waals surface area contributed by atoms with Gasteiger partial charge in [-0.05, 0) is 0 Å². The molecule has 0 aromatic rings. The molecule has 0 atom stereocenters. The summed E-state index contributed by atoms with van der Waals surface area (Å²) in [4.78, 5) is 16.9. The summed E-state index contributed by atoms with van der Waals surface area (Å²) in [6.45, 7) is 0. The van der Waals surface area contributed by atoms with Crippen molar-refractivity contribution in [3.63, 3.8) is 0 Å². The van der Waals surface area contributed by atoms with Crippen LogP contribution in [0.5, 0.6) is 0 Å². The molecule has 0 aliphatic rings. The number of halogens is 1. The van der Waals surface area contributed by atoms with Crippen LogP contribution in [0.4, 0.5) is 4.20 Å². The van der Waals surface area contributed by atoms with E-state index in [9.17, 15) is 4.20 Å². The molecule has 0 saturated heterocycles. The van der Waals surface area contributed by atoms with Crippen LogP contribution in [0.3, 0.4) is 0 Å². The van der Waals surface area contributed by atoms with Crippen molar-refractivity contribution < 1.29 is 106 Å². The van der Waals surface area contributed by atoms with Crippen LogP contribution in [0.25, 0.3) is 0 Å². The Bertz CT molecular complexity index is 65.4. The Morgan fingerprint density at radius 1 is 1.38 bits per heavy atom. The summed E-state index contributed by atoms with van der Waals surface area (Å²) in [7, 11) is -5.64. The molecule has 0 heterocycles. The Morgan fingerprint density at radius 2 is 1.38 bits per heavy atom. The maximum atomic E-state index is 10.1. The van der Waals surface area contributed by atoms with Crippen molar-refractivity contribution in [1.82, 2.24) is 0 Å². The molecule has 0 bridgehead atoms. The summed E-state index contributed by atoms with van der Waals surface area (Å²) in [6.07, 6.45) is 0. The van der Waals surface area contributed by atoms with E-state index in [0.29, 0.717) is 0 Å². The van der Waals surface area contributed by atoms with Gasteiger partial charge in [-0.1, -0.05) is 0 Å². The first-order valence-corrected chi connectivity index (χ1v) is 2.15. The molecule has 0 fully saturated rings. The molecule has 0 rings (SSSR count). The molecular weight excluding hydrogens is 266 g/mol. The van der Waals surface area contributed by atoms with E-state index in [0.717, 1.165) is 0 Å². The normalized spacial score (nSPS) is 7.38. The van der Waals surface area contributed by atoms with Crippen molar-refractivity contribution in [3.05, 3.63) is 0 Å². The molecule has 0 radical (unpaired) electrons. The average molecular weight is 266 g/mol. The number of hydrogen-bond acceptors (Lipinski definition) is 3. The first-order chi connectivity index (χ1) is 2.00. The van der Waals surface area contributed by atoms with Crippen molar-refractivity contribution in [2.75, 3.05) is 0 Å². The van der Waals surface area contributed by atoms with E-state index >= 15 is 0 Å². The zero-order chi connectivity index (χ0) is 4.50. The number of rotatable bonds is 0. The zero-order valence-corrected chi connectivity index (χ0v) is 12.0. The molecule has 0 aromatic heterocycles. The fourth-order valence-electron chi connectivity index (χ4n) is 0. The molecule has 0 N–H and O–H groups in total. The second kappa shape index (κ2) is 9.86. The molecular formula is CuFKO3PZn+2. The van der Waals surface area contributed by atoms with E-state index in [1.165, 1.54) is 0 Å². The van der Waals surface area contributed by atoms with Crippen LogP contribution in [0.1, 0.15) is 0 Å². The second-order valence-corrected chi connectivity index (χ2v) is 1.29. The van der Waals surface area contributed by atoms with E-state index in [1.54, 1.807) is 0 Å². The van der Waals surface area contributed by atoms with Gasteiger partial charge in [-0.25, -0.2) is 4.20 Å². The molecule has 0 saturated carbocycles. The van der Waals surface area contributed by atoms with Crippen LogP contribution in [-0.4, -0.2) is 0 Å². The Hall–Kier alpha value is 2.86. The van der Waals surface area contributed by atoms with Gasteiger partial charge in [-0.3, -0.25) is 0 Å². The van der Waals surface area contributed by atoms with E-state index in [4.69, 9.17) is 14.4 Å². The first-order valence-electron chi connectivity index (χ1n) is 0.717. The summed E-state index contributed by atoms with van der Waals surface area (Å²) >= 11 is 0. The van der Waals surface area contributed by atoms with Gasteiger partial charge in [0.25, 0.3) is 0 Å². The molecule has 8 heteroatoms. The standard InChI is InChI=1S/Cu.FH2O3P.K.Zn/c;1-5(2,3)4;;/h;(H2,2,3,4);;/q+1;;+1;+2/p-2. The Kier molecular flexibility index (Phi) is 27.6. The smallest absolute Gasteiger partial charge is 0.786 e. The van der Waals surface area contributed by atoms with E-state index < -0.39 is 7.91 Å². The molecule has 0 aromatic carbocycles. The van der Waals surface area contributed by atoms with Crippen molar-refractivity contribution in [3.8, 4) is 0 Å². The van der Waals surface area contributed by atoms with Crippen molar-refractivity contribution >= 4 is 7.91 Å². The fourth-order valence-corrected chi connectivity index (χ4v) is 0. The molecule has 3 nitrogen and oxygen atoms in total. The van der Waals surface area contributed by atoms with Gasteiger partial charge < -0.3 is 14.4 Å². The average Bonchev–Trinajstić information content (AvgIpc) is 0.722. The molecule has 42 valence electrons. The van der Waals surface area contributed by atoms with Crippen molar-refractivity contribution in [2.24, 2.45) is 0 Å². The third-order valence-corrected chi connectivity index (χ3v) is 0. The minimum atomic E-state index is -5.64. The van der Waals surface area contributed by atoms with Crippen LogP contribution in [-0.2, 0) is 41.1 Å². The van der Waals surface area contributed by atoms with Gasteiger partial charge in [0.15, 0.2) is 0 Å². The second-order valence-electron chi connectivity index (χ2n) is 0.431. The third-order valence-electron chi connectivity index (χ3n) is 0. The van der Waals surface area contributed by atoms with Gasteiger partial charge in [0.2, 0.25) is 0 Å². The number of hydrogen-bond donors (Lipinski definition) is 0. The minimum Gasteiger partial charge on any atom is -0.786 e. The molecule has 0 amide bonds. The van der Waals surface area contributed by atoms with Crippen LogP contribution >= 0.6 is 7.91 Å². The van der Waals surface area contributed by atoms with Gasteiger partial charge in [0, 0.05) is 0 Å². The van der Waals surface area contributed by atoms with Crippen LogP contribution in [0, 0.1) is 0 Å². The van der Waals surface area contributed by atoms with Gasteiger partial charge >= 0.3 is 87.9 Å². The Labute approximate surface area is 112 Å². The summed E-state index contributed by atoms with van der Waals surface area (Å²) in [5.74, 6) is 0. The van der Waals surface area contributed by atoms with Crippen LogP contribution < -0.4 is 61.2 Å². The van der Waals surface area contributed by atoms with Crippen molar-refractivity contribution in [1.29, 1.82) is 0 Å². The Morgan fingerprint density at radius 3 is 1.38 bits per heavy atom. The monoisotopic (exact) mass is 264 g/mol. The largest absolute Gasteiger partial charge is 2.00 e. The summed E-state index contributed by atoms with van der Waals surface area (Å²) in [6, 6.07) is 0. The third kappa shape index (κ3) is 66.9. The predicted molar refractivity (Wildman–Crippen MR) is 8.71 cm³/mol. The van der Waals surface area contributed by atoms with E-state index in [2.05, 4.69) is 0 Å². The summed E-state index contributed by atoms with van der Waals surface area (Å²) in [5, 5.41) is 0. The molecule has 0 spiro atoms. The minimum absolute atomic E-state index is 0. The Balaban J connectivity index is -0.0000000267. The van der Waals surface area contributed by atoms with E-state index in [-0.39, 0.29) is 87.9 Å².